The average Bonchev–Trinajstić information content (AvgIpc) is 3.40. The number of rotatable bonds is 4. The maximum atomic E-state index is 4.63. The molecule has 0 bridgehead atoms. The predicted molar refractivity (Wildman–Crippen MR) is 120 cm³/mol. The Labute approximate surface area is 171 Å². The summed E-state index contributed by atoms with van der Waals surface area (Å²) in [6, 6.07) is 16.1. The minimum absolute atomic E-state index is 0.830. The molecule has 146 valence electrons. The van der Waals surface area contributed by atoms with Gasteiger partial charge in [-0.2, -0.15) is 5.10 Å². The highest BCUT2D eigenvalue weighted by atomic mass is 32.1. The highest BCUT2D eigenvalue weighted by molar-refractivity contribution is 7.14. The number of thiazole rings is 1. The molecule has 0 aliphatic rings. The normalized spacial score (nSPS) is 9.61. The molecule has 1 N–H and O–H groups in total. The first-order valence-corrected chi connectivity index (χ1v) is 10.4. The summed E-state index contributed by atoms with van der Waals surface area (Å²) < 4.78 is 1.83. The van der Waals surface area contributed by atoms with Gasteiger partial charge in [-0.25, -0.2) is 4.98 Å². The summed E-state index contributed by atoms with van der Waals surface area (Å²) in [4.78, 5) is 8.76. The van der Waals surface area contributed by atoms with E-state index >= 15 is 0 Å². The van der Waals surface area contributed by atoms with Gasteiger partial charge in [0.15, 0.2) is 5.13 Å². The Morgan fingerprint density at radius 2 is 1.61 bits per heavy atom. The first kappa shape index (κ1) is 21.3. The average molecular weight is 394 g/mol. The molecule has 0 atom stereocenters. The van der Waals surface area contributed by atoms with Crippen molar-refractivity contribution in [3.63, 3.8) is 0 Å². The molecule has 0 aliphatic carbocycles. The quantitative estimate of drug-likeness (QED) is 0.436. The number of benzene rings is 1. The predicted octanol–water partition coefficient (Wildman–Crippen LogP) is 6.40. The molecular formula is C22H27N5S. The number of pyridine rings is 1. The van der Waals surface area contributed by atoms with Gasteiger partial charge in [-0.3, -0.25) is 9.67 Å². The van der Waals surface area contributed by atoms with Gasteiger partial charge >= 0.3 is 0 Å². The second-order valence-electron chi connectivity index (χ2n) is 5.31. The number of nitrogens with zero attached hydrogens (tertiary/aromatic N) is 4. The Morgan fingerprint density at radius 3 is 2.29 bits per heavy atom. The fourth-order valence-corrected chi connectivity index (χ4v) is 3.15. The molecular weight excluding hydrogens is 366 g/mol. The molecule has 0 saturated heterocycles. The van der Waals surface area contributed by atoms with Crippen LogP contribution in [0.5, 0.6) is 0 Å². The molecule has 3 aromatic heterocycles. The summed E-state index contributed by atoms with van der Waals surface area (Å²) in [6.07, 6.45) is 3.58. The van der Waals surface area contributed by atoms with Crippen LogP contribution in [0, 0.1) is 0 Å². The summed E-state index contributed by atoms with van der Waals surface area (Å²) in [5.74, 6) is 0.904. The molecule has 0 unspecified atom stereocenters. The monoisotopic (exact) mass is 393 g/mol. The number of anilines is 2. The van der Waals surface area contributed by atoms with Crippen LogP contribution in [0.3, 0.4) is 0 Å². The topological polar surface area (TPSA) is 55.6 Å². The van der Waals surface area contributed by atoms with E-state index in [1.54, 1.807) is 17.5 Å². The van der Waals surface area contributed by atoms with Crippen LogP contribution in [-0.2, 0) is 7.05 Å². The summed E-state index contributed by atoms with van der Waals surface area (Å²) in [7, 11) is 1.92. The van der Waals surface area contributed by atoms with Crippen LogP contribution in [0.25, 0.3) is 22.5 Å². The van der Waals surface area contributed by atoms with Crippen LogP contribution in [0.2, 0.25) is 0 Å². The van der Waals surface area contributed by atoms with Crippen molar-refractivity contribution in [1.82, 2.24) is 19.7 Å². The third-order valence-electron chi connectivity index (χ3n) is 3.65. The lowest BCUT2D eigenvalue weighted by Gasteiger charge is -2.01. The Balaban J connectivity index is 0.000000660. The van der Waals surface area contributed by atoms with E-state index in [1.807, 2.05) is 87.4 Å². The highest BCUT2D eigenvalue weighted by Crippen LogP contribution is 2.28. The Kier molecular flexibility index (Phi) is 8.37. The Hall–Kier alpha value is -2.99. The summed E-state index contributed by atoms with van der Waals surface area (Å²) in [6.45, 7) is 8.00. The van der Waals surface area contributed by atoms with Crippen LogP contribution in [-0.4, -0.2) is 19.7 Å². The van der Waals surface area contributed by atoms with Crippen molar-refractivity contribution in [3.8, 4) is 22.5 Å². The van der Waals surface area contributed by atoms with Crippen LogP contribution in [0.15, 0.2) is 66.3 Å². The van der Waals surface area contributed by atoms with Gasteiger partial charge in [0, 0.05) is 42.0 Å². The second kappa shape index (κ2) is 11.0. The molecule has 4 rings (SSSR count). The molecule has 0 aliphatic heterocycles. The summed E-state index contributed by atoms with van der Waals surface area (Å²) >= 11 is 1.56. The third kappa shape index (κ3) is 5.27. The zero-order chi connectivity index (χ0) is 20.4. The van der Waals surface area contributed by atoms with Crippen molar-refractivity contribution in [1.29, 1.82) is 0 Å². The van der Waals surface area contributed by atoms with Gasteiger partial charge in [0.25, 0.3) is 0 Å². The minimum Gasteiger partial charge on any atom is -0.316 e. The fraction of sp³-hybridized carbons (Fsp3) is 0.227. The van der Waals surface area contributed by atoms with Crippen LogP contribution < -0.4 is 5.32 Å². The van der Waals surface area contributed by atoms with Crippen molar-refractivity contribution in [2.45, 2.75) is 27.7 Å². The van der Waals surface area contributed by atoms with E-state index in [1.165, 1.54) is 0 Å². The molecule has 0 spiro atoms. The fourth-order valence-electron chi connectivity index (χ4n) is 2.42. The standard InChI is InChI=1S/C18H15N5S.2C2H6/c1-23-17(10-15(22-23)13-6-3-2-4-7-13)21-18-20-16(12-24-18)14-8-5-9-19-11-14;2*1-2/h2-12H,1H3,(H,20,21);2*1-2H3. The zero-order valence-corrected chi connectivity index (χ0v) is 17.9. The molecule has 0 radical (unpaired) electrons. The SMILES string of the molecule is CC.CC.Cn1nc(-c2ccccc2)cc1Nc1nc(-c2cccnc2)cs1. The molecule has 28 heavy (non-hydrogen) atoms. The first-order chi connectivity index (χ1) is 13.8. The first-order valence-electron chi connectivity index (χ1n) is 9.52. The number of nitrogens with one attached hydrogen (secondary N) is 1. The maximum absolute atomic E-state index is 4.63. The molecule has 0 saturated carbocycles. The van der Waals surface area contributed by atoms with Crippen molar-refractivity contribution >= 4 is 22.3 Å². The van der Waals surface area contributed by atoms with E-state index in [9.17, 15) is 0 Å². The molecule has 5 nitrogen and oxygen atoms in total. The van der Waals surface area contributed by atoms with Gasteiger partial charge in [0.1, 0.15) is 5.82 Å². The Morgan fingerprint density at radius 1 is 0.893 bits per heavy atom. The van der Waals surface area contributed by atoms with E-state index in [0.29, 0.717) is 0 Å². The lowest BCUT2D eigenvalue weighted by Crippen LogP contribution is -1.98. The van der Waals surface area contributed by atoms with Crippen LogP contribution >= 0.6 is 11.3 Å². The van der Waals surface area contributed by atoms with Gasteiger partial charge in [-0.1, -0.05) is 58.0 Å². The zero-order valence-electron chi connectivity index (χ0n) is 17.0. The van der Waals surface area contributed by atoms with Gasteiger partial charge in [0.2, 0.25) is 0 Å². The second-order valence-corrected chi connectivity index (χ2v) is 6.17. The molecule has 6 heteroatoms. The smallest absolute Gasteiger partial charge is 0.188 e. The van der Waals surface area contributed by atoms with Crippen molar-refractivity contribution in [2.24, 2.45) is 7.05 Å². The van der Waals surface area contributed by atoms with E-state index < -0.39 is 0 Å². The Bertz CT molecular complexity index is 945. The number of aryl methyl sites for hydroxylation is 1. The minimum atomic E-state index is 0.830. The van der Waals surface area contributed by atoms with Gasteiger partial charge in [-0.05, 0) is 12.1 Å². The maximum Gasteiger partial charge on any atom is 0.188 e. The largest absolute Gasteiger partial charge is 0.316 e. The molecule has 0 fully saturated rings. The highest BCUT2D eigenvalue weighted by Gasteiger charge is 2.10. The van der Waals surface area contributed by atoms with Gasteiger partial charge < -0.3 is 5.32 Å². The third-order valence-corrected chi connectivity index (χ3v) is 4.40. The number of hydrogen-bond acceptors (Lipinski definition) is 5. The van der Waals surface area contributed by atoms with E-state index in [-0.39, 0.29) is 0 Å². The lowest BCUT2D eigenvalue weighted by molar-refractivity contribution is 0.780. The van der Waals surface area contributed by atoms with Crippen molar-refractivity contribution in [2.75, 3.05) is 5.32 Å². The van der Waals surface area contributed by atoms with E-state index in [2.05, 4.69) is 32.5 Å². The number of hydrogen-bond donors (Lipinski definition) is 1. The van der Waals surface area contributed by atoms with Crippen molar-refractivity contribution < 1.29 is 0 Å². The van der Waals surface area contributed by atoms with Crippen LogP contribution in [0.4, 0.5) is 10.9 Å². The van der Waals surface area contributed by atoms with E-state index in [4.69, 9.17) is 0 Å². The van der Waals surface area contributed by atoms with E-state index in [0.717, 1.165) is 33.5 Å². The molecule has 4 aromatic rings. The molecule has 1 aromatic carbocycles. The van der Waals surface area contributed by atoms with Crippen molar-refractivity contribution in [3.05, 3.63) is 66.3 Å². The molecule has 3 heterocycles. The lowest BCUT2D eigenvalue weighted by atomic mass is 10.2. The summed E-state index contributed by atoms with van der Waals surface area (Å²) in [5, 5.41) is 10.8. The molecule has 0 amide bonds. The van der Waals surface area contributed by atoms with Gasteiger partial charge in [-0.15, -0.1) is 11.3 Å². The summed E-state index contributed by atoms with van der Waals surface area (Å²) in [5.41, 5.74) is 3.96. The van der Waals surface area contributed by atoms with Crippen LogP contribution in [0.1, 0.15) is 27.7 Å². The number of aromatic nitrogens is 4. The van der Waals surface area contributed by atoms with Gasteiger partial charge in [0.05, 0.1) is 11.4 Å².